The minimum atomic E-state index is -0.294. The predicted octanol–water partition coefficient (Wildman–Crippen LogP) is 3.03. The molecule has 0 aliphatic carbocycles. The molecule has 5 heteroatoms. The number of nitrogens with one attached hydrogen (secondary N) is 1. The number of hydrogen-bond donors (Lipinski definition) is 1. The summed E-state index contributed by atoms with van der Waals surface area (Å²) >= 11 is 1.10. The highest BCUT2D eigenvalue weighted by molar-refractivity contribution is 14.2. The van der Waals surface area contributed by atoms with Crippen LogP contribution in [0, 0.1) is 5.41 Å². The van der Waals surface area contributed by atoms with E-state index in [1.54, 1.807) is 13.3 Å². The Hall–Kier alpha value is -0.0100. The third-order valence-electron chi connectivity index (χ3n) is 1.05. The van der Waals surface area contributed by atoms with Crippen LogP contribution >= 0.6 is 32.8 Å². The van der Waals surface area contributed by atoms with Crippen LogP contribution in [0.1, 0.15) is 13.3 Å². The third kappa shape index (κ3) is 10.1. The summed E-state index contributed by atoms with van der Waals surface area (Å²) in [4.78, 5) is 0. The minimum absolute atomic E-state index is 0.294. The topological polar surface area (TPSA) is 45.4 Å². The number of thioether (sulfide) groups is 1. The second-order valence-electron chi connectivity index (χ2n) is 2.20. The van der Waals surface area contributed by atoms with Gasteiger partial charge in [0, 0.05) is 28.1 Å². The maximum atomic E-state index is 7.48. The molecule has 0 aromatic carbocycles. The number of halogens is 1. The summed E-state index contributed by atoms with van der Waals surface area (Å²) in [5.41, 5.74) is 0. The fourth-order valence-electron chi connectivity index (χ4n) is 0.452. The summed E-state index contributed by atoms with van der Waals surface area (Å²) in [7, 11) is 1.66. The molecule has 0 atom stereocenters. The monoisotopic (exact) mass is 326 g/mol. The molecule has 0 fully saturated rings. The van der Waals surface area contributed by atoms with E-state index in [0.29, 0.717) is 11.7 Å². The Labute approximate surface area is 99.6 Å². The molecule has 14 heavy (non-hydrogen) atoms. The van der Waals surface area contributed by atoms with Gasteiger partial charge in [-0.25, -0.2) is 3.21 Å². The highest BCUT2D eigenvalue weighted by atomic mass is 127. The number of nitrogens with zero attached hydrogens (tertiary/aromatic N) is 1. The molecule has 1 N–H and O–H groups in total. The molecule has 0 aromatic rings. The number of allylic oxidation sites excluding steroid dienone is 1. The summed E-state index contributed by atoms with van der Waals surface area (Å²) in [6.45, 7) is 2.72. The Morgan fingerprint density at radius 1 is 1.64 bits per heavy atom. The molecule has 0 saturated carbocycles. The van der Waals surface area contributed by atoms with Gasteiger partial charge in [0.1, 0.15) is 5.04 Å². The van der Waals surface area contributed by atoms with E-state index in [1.807, 2.05) is 15.5 Å². The normalized spacial score (nSPS) is 12.7. The summed E-state index contributed by atoms with van der Waals surface area (Å²) in [6.07, 6.45) is 4.65. The van der Waals surface area contributed by atoms with Crippen LogP contribution in [0.15, 0.2) is 14.7 Å². The Morgan fingerprint density at radius 2 is 2.43 bits per heavy atom. The molecule has 3 nitrogen and oxygen atoms in total. The molecule has 0 bridgehead atoms. The Kier molecular flexibility index (Phi) is 11.1. The molecule has 0 saturated heterocycles. The fraction of sp³-hybridized carbons (Fsp3) is 0.444. The van der Waals surface area contributed by atoms with E-state index in [1.165, 1.54) is 11.8 Å². The quantitative estimate of drug-likeness (QED) is 0.463. The van der Waals surface area contributed by atoms with Crippen molar-refractivity contribution in [2.75, 3.05) is 13.7 Å². The second kappa shape index (κ2) is 11.1. The average molecular weight is 326 g/mol. The van der Waals surface area contributed by atoms with Gasteiger partial charge in [0.05, 0.1) is 12.8 Å². The van der Waals surface area contributed by atoms with E-state index in [0.717, 1.165) is 6.42 Å². The van der Waals surface area contributed by atoms with Gasteiger partial charge in [0.2, 0.25) is 0 Å². The molecule has 0 spiro atoms. The molecule has 0 aromatic heterocycles. The third-order valence-corrected chi connectivity index (χ3v) is 3.09. The van der Waals surface area contributed by atoms with Crippen molar-refractivity contribution in [1.82, 2.24) is 0 Å². The zero-order chi connectivity index (χ0) is 10.6. The van der Waals surface area contributed by atoms with E-state index in [9.17, 15) is 0 Å². The molecule has 80 valence electrons. The predicted molar refractivity (Wildman–Crippen MR) is 75.2 cm³/mol. The maximum absolute atomic E-state index is 7.48. The standard InChI is InChI=1S/C9H15IN2OS/c1-3-4-7-14-9(11)8-12-10-5-6-13-2/h4-5,7-8,11H,3,6H2,1-2H3/b7-4+,11-9?,12-8+. The second-order valence-corrected chi connectivity index (χ2v) is 5.14. The molecular formula is C9H15IN2OS. The van der Waals surface area contributed by atoms with Crippen LogP contribution in [0.4, 0.5) is 0 Å². The maximum Gasteiger partial charge on any atom is 0.110 e. The first-order valence-electron chi connectivity index (χ1n) is 4.18. The lowest BCUT2D eigenvalue weighted by atomic mass is 10.5. The number of rotatable bonds is 6. The SMILES string of the molecule is CC/C=C/SC(=N)/C=N/I=C/COC. The zero-order valence-electron chi connectivity index (χ0n) is 8.37. The van der Waals surface area contributed by atoms with Gasteiger partial charge in [0.25, 0.3) is 0 Å². The highest BCUT2D eigenvalue weighted by Crippen LogP contribution is 2.04. The van der Waals surface area contributed by atoms with Crippen molar-refractivity contribution in [2.45, 2.75) is 13.3 Å². The van der Waals surface area contributed by atoms with E-state index < -0.39 is 0 Å². The molecule has 0 amide bonds. The summed E-state index contributed by atoms with van der Waals surface area (Å²) in [5.74, 6) is 0. The van der Waals surface area contributed by atoms with Crippen LogP contribution < -0.4 is 0 Å². The van der Waals surface area contributed by atoms with Crippen LogP contribution in [0.5, 0.6) is 0 Å². The van der Waals surface area contributed by atoms with Crippen LogP contribution in [0.25, 0.3) is 0 Å². The van der Waals surface area contributed by atoms with Gasteiger partial charge in [-0.2, -0.15) is 0 Å². The number of hydrogen-bond acceptors (Lipinski definition) is 4. The Balaban J connectivity index is 3.65. The van der Waals surface area contributed by atoms with Crippen LogP contribution in [0.2, 0.25) is 0 Å². The van der Waals surface area contributed by atoms with Gasteiger partial charge in [-0.3, -0.25) is 5.41 Å². The van der Waals surface area contributed by atoms with Crippen LogP contribution in [-0.4, -0.2) is 29.0 Å². The Bertz CT molecular complexity index is 239. The molecule has 0 radical (unpaired) electrons. The van der Waals surface area contributed by atoms with E-state index >= 15 is 0 Å². The van der Waals surface area contributed by atoms with Gasteiger partial charge >= 0.3 is 0 Å². The summed E-state index contributed by atoms with van der Waals surface area (Å²) in [6, 6.07) is 0. The lowest BCUT2D eigenvalue weighted by molar-refractivity contribution is 0.250. The summed E-state index contributed by atoms with van der Waals surface area (Å²) in [5, 5.41) is 9.89. The number of methoxy groups -OCH3 is 1. The number of ether oxygens (including phenoxy) is 1. The van der Waals surface area contributed by atoms with Crippen LogP contribution in [-0.2, 0) is 4.74 Å². The first-order chi connectivity index (χ1) is 6.81. The van der Waals surface area contributed by atoms with Crippen molar-refractivity contribution in [3.63, 3.8) is 0 Å². The van der Waals surface area contributed by atoms with Crippen molar-refractivity contribution in [3.8, 4) is 0 Å². The van der Waals surface area contributed by atoms with Crippen molar-refractivity contribution in [3.05, 3.63) is 11.5 Å². The summed E-state index contributed by atoms with van der Waals surface area (Å²) < 4.78 is 11.0. The molecule has 0 rings (SSSR count). The lowest BCUT2D eigenvalue weighted by Gasteiger charge is -1.88. The minimum Gasteiger partial charge on any atom is -0.380 e. The van der Waals surface area contributed by atoms with Gasteiger partial charge in [-0.15, -0.1) is 0 Å². The van der Waals surface area contributed by atoms with Gasteiger partial charge < -0.3 is 4.74 Å². The zero-order valence-corrected chi connectivity index (χ0v) is 11.3. The van der Waals surface area contributed by atoms with E-state index in [-0.39, 0.29) is 21.0 Å². The van der Waals surface area contributed by atoms with Gasteiger partial charge in [-0.05, 0) is 15.8 Å². The highest BCUT2D eigenvalue weighted by Gasteiger charge is 1.86. The van der Waals surface area contributed by atoms with Gasteiger partial charge in [0.15, 0.2) is 0 Å². The average Bonchev–Trinajstić information content (AvgIpc) is 2.18. The van der Waals surface area contributed by atoms with Gasteiger partial charge in [-0.1, -0.05) is 24.8 Å². The Morgan fingerprint density at radius 3 is 3.07 bits per heavy atom. The van der Waals surface area contributed by atoms with E-state index in [2.05, 4.69) is 10.1 Å². The van der Waals surface area contributed by atoms with Crippen molar-refractivity contribution >= 4 is 48.0 Å². The molecule has 0 aliphatic rings. The first kappa shape index (κ1) is 14.0. The van der Waals surface area contributed by atoms with Crippen molar-refractivity contribution in [2.24, 2.45) is 3.21 Å². The molecule has 0 unspecified atom stereocenters. The lowest BCUT2D eigenvalue weighted by Crippen LogP contribution is -1.87. The fourth-order valence-corrected chi connectivity index (χ4v) is 2.38. The van der Waals surface area contributed by atoms with Crippen LogP contribution in [0.3, 0.4) is 0 Å². The smallest absolute Gasteiger partial charge is 0.110 e. The van der Waals surface area contributed by atoms with Crippen molar-refractivity contribution in [1.29, 1.82) is 5.41 Å². The first-order valence-corrected chi connectivity index (χ1v) is 7.27. The van der Waals surface area contributed by atoms with Crippen molar-refractivity contribution < 1.29 is 4.74 Å². The molecule has 0 aliphatic heterocycles. The molecule has 0 heterocycles. The molecular weight excluding hydrogens is 311 g/mol. The largest absolute Gasteiger partial charge is 0.380 e. The van der Waals surface area contributed by atoms with E-state index in [4.69, 9.17) is 10.1 Å².